The molecule has 0 aliphatic carbocycles. The van der Waals surface area contributed by atoms with E-state index in [1.165, 1.54) is 12.3 Å². The summed E-state index contributed by atoms with van der Waals surface area (Å²) in [5, 5.41) is 3.76. The van der Waals surface area contributed by atoms with E-state index in [0.29, 0.717) is 21.2 Å². The predicted molar refractivity (Wildman–Crippen MR) is 85.5 cm³/mol. The van der Waals surface area contributed by atoms with Crippen LogP contribution in [0.3, 0.4) is 0 Å². The van der Waals surface area contributed by atoms with Gasteiger partial charge in [0.1, 0.15) is 5.82 Å². The van der Waals surface area contributed by atoms with Crippen LogP contribution in [0.25, 0.3) is 11.4 Å². The first-order valence-corrected chi connectivity index (χ1v) is 7.69. The van der Waals surface area contributed by atoms with E-state index >= 15 is 0 Å². The molecule has 0 aliphatic rings. The number of carbonyl (C=O) groups is 1. The Labute approximate surface area is 144 Å². The van der Waals surface area contributed by atoms with Gasteiger partial charge in [-0.05, 0) is 40.5 Å². The SMILES string of the molecule is Cc1ccc(-c2noc(COC(=O)c3cncc(Br)c3)n2)cc1F. The van der Waals surface area contributed by atoms with E-state index in [1.807, 2.05) is 0 Å². The Bertz CT molecular complexity index is 898. The average molecular weight is 392 g/mol. The van der Waals surface area contributed by atoms with Gasteiger partial charge in [-0.1, -0.05) is 17.3 Å². The Kier molecular flexibility index (Phi) is 4.66. The molecule has 2 aromatic heterocycles. The molecule has 0 atom stereocenters. The van der Waals surface area contributed by atoms with Gasteiger partial charge in [-0.15, -0.1) is 0 Å². The molecular weight excluding hydrogens is 381 g/mol. The summed E-state index contributed by atoms with van der Waals surface area (Å²) in [6.07, 6.45) is 2.95. The lowest BCUT2D eigenvalue weighted by Gasteiger charge is -2.01. The number of hydrogen-bond donors (Lipinski definition) is 0. The molecule has 8 heteroatoms. The molecule has 1 aromatic carbocycles. The van der Waals surface area contributed by atoms with Crippen LogP contribution in [0.15, 0.2) is 45.7 Å². The molecule has 0 saturated carbocycles. The zero-order valence-corrected chi connectivity index (χ0v) is 14.1. The number of carbonyl (C=O) groups excluding carboxylic acids is 1. The molecule has 3 rings (SSSR count). The molecule has 0 N–H and O–H groups in total. The summed E-state index contributed by atoms with van der Waals surface area (Å²) in [6, 6.07) is 6.22. The largest absolute Gasteiger partial charge is 0.452 e. The summed E-state index contributed by atoms with van der Waals surface area (Å²) >= 11 is 3.22. The zero-order valence-electron chi connectivity index (χ0n) is 12.5. The van der Waals surface area contributed by atoms with Crippen molar-refractivity contribution in [2.24, 2.45) is 0 Å². The van der Waals surface area contributed by atoms with Crippen LogP contribution in [0.5, 0.6) is 0 Å². The quantitative estimate of drug-likeness (QED) is 0.631. The van der Waals surface area contributed by atoms with Crippen LogP contribution in [-0.2, 0) is 11.3 Å². The van der Waals surface area contributed by atoms with Crippen molar-refractivity contribution < 1.29 is 18.4 Å². The molecule has 0 fully saturated rings. The van der Waals surface area contributed by atoms with Crippen molar-refractivity contribution in [1.29, 1.82) is 0 Å². The van der Waals surface area contributed by atoms with Crippen molar-refractivity contribution >= 4 is 21.9 Å². The van der Waals surface area contributed by atoms with Crippen LogP contribution in [0.2, 0.25) is 0 Å². The third-order valence-electron chi connectivity index (χ3n) is 3.17. The van der Waals surface area contributed by atoms with E-state index < -0.39 is 5.97 Å². The molecular formula is C16H11BrFN3O3. The van der Waals surface area contributed by atoms with Gasteiger partial charge in [0.25, 0.3) is 5.89 Å². The highest BCUT2D eigenvalue weighted by molar-refractivity contribution is 9.10. The van der Waals surface area contributed by atoms with Crippen LogP contribution in [0.1, 0.15) is 21.8 Å². The van der Waals surface area contributed by atoms with Gasteiger partial charge >= 0.3 is 5.97 Å². The van der Waals surface area contributed by atoms with E-state index in [4.69, 9.17) is 9.26 Å². The predicted octanol–water partition coefficient (Wildman–Crippen LogP) is 3.70. The number of pyridine rings is 1. The van der Waals surface area contributed by atoms with Crippen molar-refractivity contribution in [2.75, 3.05) is 0 Å². The Morgan fingerprint density at radius 2 is 2.17 bits per heavy atom. The number of halogens is 2. The van der Waals surface area contributed by atoms with Crippen LogP contribution in [0, 0.1) is 12.7 Å². The van der Waals surface area contributed by atoms with E-state index in [2.05, 4.69) is 31.1 Å². The molecule has 0 amide bonds. The summed E-state index contributed by atoms with van der Waals surface area (Å²) in [7, 11) is 0. The monoisotopic (exact) mass is 391 g/mol. The first kappa shape index (κ1) is 16.3. The van der Waals surface area contributed by atoms with E-state index in [-0.39, 0.29) is 24.1 Å². The van der Waals surface area contributed by atoms with Gasteiger partial charge in [0.05, 0.1) is 5.56 Å². The van der Waals surface area contributed by atoms with Gasteiger partial charge in [0, 0.05) is 22.4 Å². The third-order valence-corrected chi connectivity index (χ3v) is 3.60. The highest BCUT2D eigenvalue weighted by Gasteiger charge is 2.14. The molecule has 0 saturated heterocycles. The third kappa shape index (κ3) is 3.65. The van der Waals surface area contributed by atoms with Gasteiger partial charge in [-0.25, -0.2) is 9.18 Å². The van der Waals surface area contributed by atoms with Gasteiger partial charge < -0.3 is 9.26 Å². The number of aromatic nitrogens is 3. The molecule has 122 valence electrons. The number of aryl methyl sites for hydroxylation is 1. The van der Waals surface area contributed by atoms with Crippen LogP contribution in [-0.4, -0.2) is 21.1 Å². The Morgan fingerprint density at radius 3 is 2.92 bits per heavy atom. The number of rotatable bonds is 4. The second-order valence-corrected chi connectivity index (χ2v) is 5.86. The van der Waals surface area contributed by atoms with Crippen molar-refractivity contribution in [1.82, 2.24) is 15.1 Å². The number of ether oxygens (including phenoxy) is 1. The molecule has 0 aliphatic heterocycles. The van der Waals surface area contributed by atoms with E-state index in [9.17, 15) is 9.18 Å². The zero-order chi connectivity index (χ0) is 17.1. The van der Waals surface area contributed by atoms with Gasteiger partial charge in [-0.3, -0.25) is 4.98 Å². The Balaban J connectivity index is 1.68. The second kappa shape index (κ2) is 6.88. The van der Waals surface area contributed by atoms with E-state index in [1.54, 1.807) is 31.3 Å². The van der Waals surface area contributed by atoms with Crippen LogP contribution < -0.4 is 0 Å². The number of benzene rings is 1. The lowest BCUT2D eigenvalue weighted by Crippen LogP contribution is -2.05. The summed E-state index contributed by atoms with van der Waals surface area (Å²) in [5.74, 6) is -0.580. The molecule has 24 heavy (non-hydrogen) atoms. The fourth-order valence-electron chi connectivity index (χ4n) is 1.90. The smallest absolute Gasteiger partial charge is 0.340 e. The molecule has 0 radical (unpaired) electrons. The van der Waals surface area contributed by atoms with Crippen LogP contribution >= 0.6 is 15.9 Å². The summed E-state index contributed by atoms with van der Waals surface area (Å²) < 4.78 is 24.4. The molecule has 3 aromatic rings. The van der Waals surface area contributed by atoms with Gasteiger partial charge in [0.15, 0.2) is 6.61 Å². The molecule has 2 heterocycles. The van der Waals surface area contributed by atoms with E-state index in [0.717, 1.165) is 0 Å². The average Bonchev–Trinajstić information content (AvgIpc) is 3.04. The summed E-state index contributed by atoms with van der Waals surface area (Å²) in [5.41, 5.74) is 1.30. The molecule has 0 unspecified atom stereocenters. The maximum Gasteiger partial charge on any atom is 0.340 e. The second-order valence-electron chi connectivity index (χ2n) is 4.94. The minimum Gasteiger partial charge on any atom is -0.452 e. The number of hydrogen-bond acceptors (Lipinski definition) is 6. The minimum absolute atomic E-state index is 0.113. The Hall–Kier alpha value is -2.61. The fraction of sp³-hybridized carbons (Fsp3) is 0.125. The molecule has 0 spiro atoms. The highest BCUT2D eigenvalue weighted by Crippen LogP contribution is 2.19. The van der Waals surface area contributed by atoms with Crippen molar-refractivity contribution in [3.8, 4) is 11.4 Å². The standard InChI is InChI=1S/C16H11BrFN3O3/c1-9-2-3-10(5-13(9)18)15-20-14(24-21-15)8-23-16(22)11-4-12(17)7-19-6-11/h2-7H,8H2,1H3. The normalized spacial score (nSPS) is 10.6. The Morgan fingerprint density at radius 1 is 1.33 bits per heavy atom. The summed E-state index contributed by atoms with van der Waals surface area (Å²) in [4.78, 5) is 19.9. The fourth-order valence-corrected chi connectivity index (χ4v) is 2.26. The highest BCUT2D eigenvalue weighted by atomic mass is 79.9. The lowest BCUT2D eigenvalue weighted by atomic mass is 10.1. The maximum absolute atomic E-state index is 13.6. The topological polar surface area (TPSA) is 78.1 Å². The first-order valence-electron chi connectivity index (χ1n) is 6.90. The van der Waals surface area contributed by atoms with Gasteiger partial charge in [0.2, 0.25) is 5.82 Å². The minimum atomic E-state index is -0.565. The van der Waals surface area contributed by atoms with Crippen molar-refractivity contribution in [3.05, 3.63) is 64.0 Å². The first-order chi connectivity index (χ1) is 11.5. The maximum atomic E-state index is 13.6. The van der Waals surface area contributed by atoms with Crippen LogP contribution in [0.4, 0.5) is 4.39 Å². The van der Waals surface area contributed by atoms with Gasteiger partial charge in [-0.2, -0.15) is 4.98 Å². The lowest BCUT2D eigenvalue weighted by molar-refractivity contribution is 0.0429. The van der Waals surface area contributed by atoms with Crippen molar-refractivity contribution in [2.45, 2.75) is 13.5 Å². The number of esters is 1. The summed E-state index contributed by atoms with van der Waals surface area (Å²) in [6.45, 7) is 1.48. The molecule has 6 nitrogen and oxygen atoms in total. The molecule has 0 bridgehead atoms. The number of nitrogens with zero attached hydrogens (tertiary/aromatic N) is 3. The van der Waals surface area contributed by atoms with Crippen molar-refractivity contribution in [3.63, 3.8) is 0 Å².